The van der Waals surface area contributed by atoms with Gasteiger partial charge in [-0.2, -0.15) is 0 Å². The summed E-state index contributed by atoms with van der Waals surface area (Å²) in [6.45, 7) is 33.9. The topological polar surface area (TPSA) is 9.72 Å². The summed E-state index contributed by atoms with van der Waals surface area (Å²) in [5.41, 5.74) is 22.4. The molecule has 0 saturated carbocycles. The Morgan fingerprint density at radius 1 is 0.412 bits per heavy atom. The van der Waals surface area contributed by atoms with E-state index in [-0.39, 0.29) is 39.2 Å². The summed E-state index contributed by atoms with van der Waals surface area (Å²) in [5.74, 6) is 0. The molecular weight excluding hydrogens is 1010 g/mol. The molecule has 80 heavy (non-hydrogen) atoms. The van der Waals surface area contributed by atoms with Crippen LogP contribution in [0, 0.1) is 0 Å². The summed E-state index contributed by atoms with van der Waals surface area (Å²) < 4.78 is 5.42. The van der Waals surface area contributed by atoms with Gasteiger partial charge in [0.05, 0.1) is 11.4 Å². The monoisotopic (exact) mass is 1080 g/mol. The van der Waals surface area contributed by atoms with Gasteiger partial charge in [0.25, 0.3) is 6.71 Å². The number of nitrogens with zero attached hydrogens (tertiary/aromatic N) is 3. The molecule has 4 aliphatic rings. The van der Waals surface area contributed by atoms with Gasteiger partial charge in [-0.3, -0.25) is 0 Å². The Morgan fingerprint density at radius 2 is 0.975 bits per heavy atom. The number of benzene rings is 8. The van der Waals surface area contributed by atoms with Gasteiger partial charge >= 0.3 is 0 Å². The first-order valence-electron chi connectivity index (χ1n) is 29.4. The lowest BCUT2D eigenvalue weighted by atomic mass is 9.36. The number of hydrogen-bond donors (Lipinski definition) is 0. The van der Waals surface area contributed by atoms with E-state index < -0.39 is 0 Å². The number of hydrogen-bond acceptors (Lipinski definition) is 5. The van der Waals surface area contributed by atoms with Gasteiger partial charge in [-0.1, -0.05) is 170 Å². The van der Waals surface area contributed by atoms with Crippen molar-refractivity contribution in [2.45, 2.75) is 155 Å². The van der Waals surface area contributed by atoms with Crippen LogP contribution in [0.5, 0.6) is 0 Å². The van der Waals surface area contributed by atoms with Crippen LogP contribution in [0.25, 0.3) is 30.3 Å². The minimum Gasteiger partial charge on any atom is -0.311 e. The van der Waals surface area contributed by atoms with Gasteiger partial charge in [0.15, 0.2) is 0 Å². The first-order valence-corrected chi connectivity index (χ1v) is 31.1. The number of rotatable bonds is 5. The molecule has 2 aliphatic carbocycles. The minimum atomic E-state index is -0.0590. The highest BCUT2D eigenvalue weighted by Crippen LogP contribution is 2.56. The van der Waals surface area contributed by atoms with E-state index in [9.17, 15) is 0 Å². The molecule has 6 heteroatoms. The van der Waals surface area contributed by atoms with Crippen LogP contribution in [0.4, 0.5) is 51.2 Å². The molecule has 0 spiro atoms. The Morgan fingerprint density at radius 3 is 1.65 bits per heavy atom. The number of fused-ring (bicyclic) bond motifs is 11. The second-order valence-corrected chi connectivity index (χ2v) is 30.9. The highest BCUT2D eigenvalue weighted by Gasteiger charge is 2.48. The summed E-state index contributed by atoms with van der Waals surface area (Å²) in [6, 6.07) is 62.2. The lowest BCUT2D eigenvalue weighted by molar-refractivity contribution is 0.332. The molecule has 0 fully saturated rings. The molecule has 3 nitrogen and oxygen atoms in total. The molecule has 0 N–H and O–H groups in total. The average molecular weight is 1080 g/mol. The third-order valence-corrected chi connectivity index (χ3v) is 21.8. The zero-order chi connectivity index (χ0) is 55.8. The van der Waals surface area contributed by atoms with Crippen molar-refractivity contribution in [3.63, 3.8) is 0 Å². The molecule has 0 atom stereocenters. The van der Waals surface area contributed by atoms with Crippen molar-refractivity contribution in [2.75, 3.05) is 14.7 Å². The van der Waals surface area contributed by atoms with Crippen LogP contribution in [0.15, 0.2) is 158 Å². The van der Waals surface area contributed by atoms with E-state index >= 15 is 0 Å². The first kappa shape index (κ1) is 51.5. The zero-order valence-electron chi connectivity index (χ0n) is 49.6. The Balaban J connectivity index is 1.14. The van der Waals surface area contributed by atoms with Crippen LogP contribution in [-0.4, -0.2) is 6.71 Å². The maximum Gasteiger partial charge on any atom is 0.264 e. The molecule has 4 heterocycles. The summed E-state index contributed by atoms with van der Waals surface area (Å²) >= 11 is 3.94. The standard InChI is InChI=1S/C74H76BN3S2/c1-69(2,3)45-24-27-48(28-25-45)77-60-33-26-46(70(4,5)6)38-59(60)75-66-61(77)40-51(76(47-20-16-15-17-21-47)50-29-31-53-52-22-18-19-23-63(52)79-64(53)42-50)41-62(66)78(49-30-32-55-56(39-49)72(9,10)35-34-71(55,7)8)67-54-43-57-58(44-65(54)80-68(67)75)74(13,14)37-36-73(57,11)12/h15-33,38-44H,34-37H2,1-14H3. The van der Waals surface area contributed by atoms with Crippen molar-refractivity contribution in [3.05, 3.63) is 191 Å². The van der Waals surface area contributed by atoms with Gasteiger partial charge in [-0.05, 0) is 187 Å². The Labute approximate surface area is 484 Å². The second kappa shape index (κ2) is 17.5. The van der Waals surface area contributed by atoms with Crippen LogP contribution in [0.2, 0.25) is 0 Å². The Kier molecular flexibility index (Phi) is 11.3. The van der Waals surface area contributed by atoms with Gasteiger partial charge in [-0.15, -0.1) is 22.7 Å². The second-order valence-electron chi connectivity index (χ2n) is 28.7. The zero-order valence-corrected chi connectivity index (χ0v) is 51.2. The highest BCUT2D eigenvalue weighted by molar-refractivity contribution is 7.33. The van der Waals surface area contributed by atoms with Crippen LogP contribution < -0.4 is 30.4 Å². The molecular formula is C74H76BN3S2. The lowest BCUT2D eigenvalue weighted by Gasteiger charge is -2.45. The van der Waals surface area contributed by atoms with Gasteiger partial charge in [0.2, 0.25) is 0 Å². The quantitative estimate of drug-likeness (QED) is 0.159. The smallest absolute Gasteiger partial charge is 0.264 e. The molecule has 2 aromatic heterocycles. The molecule has 14 rings (SSSR count). The molecule has 10 aromatic rings. The third-order valence-electron chi connectivity index (χ3n) is 19.5. The fraction of sp³-hybridized carbons (Fsp3) is 0.324. The van der Waals surface area contributed by atoms with Crippen molar-refractivity contribution in [2.24, 2.45) is 0 Å². The van der Waals surface area contributed by atoms with Crippen LogP contribution in [0.3, 0.4) is 0 Å². The lowest BCUT2D eigenvalue weighted by Crippen LogP contribution is -2.60. The third kappa shape index (κ3) is 7.92. The maximum absolute atomic E-state index is 2.76. The van der Waals surface area contributed by atoms with Crippen molar-refractivity contribution in [1.82, 2.24) is 0 Å². The predicted molar refractivity (Wildman–Crippen MR) is 351 cm³/mol. The van der Waals surface area contributed by atoms with Crippen LogP contribution in [0.1, 0.15) is 156 Å². The fourth-order valence-electron chi connectivity index (χ4n) is 14.4. The molecule has 0 radical (unpaired) electrons. The number of anilines is 9. The number of para-hydroxylation sites is 1. The van der Waals surface area contributed by atoms with Crippen molar-refractivity contribution >= 4 is 127 Å². The van der Waals surface area contributed by atoms with Gasteiger partial charge in [0.1, 0.15) is 0 Å². The van der Waals surface area contributed by atoms with Crippen molar-refractivity contribution in [3.8, 4) is 0 Å². The van der Waals surface area contributed by atoms with Crippen LogP contribution >= 0.6 is 22.7 Å². The van der Waals surface area contributed by atoms with E-state index in [1.807, 2.05) is 11.3 Å². The van der Waals surface area contributed by atoms with E-state index in [1.54, 1.807) is 0 Å². The summed E-state index contributed by atoms with van der Waals surface area (Å²) in [4.78, 5) is 7.92. The molecule has 0 unspecified atom stereocenters. The van der Waals surface area contributed by atoms with E-state index in [0.717, 1.165) is 23.5 Å². The van der Waals surface area contributed by atoms with E-state index in [0.29, 0.717) is 0 Å². The molecule has 8 aromatic carbocycles. The molecule has 2 aliphatic heterocycles. The van der Waals surface area contributed by atoms with E-state index in [2.05, 4.69) is 281 Å². The summed E-state index contributed by atoms with van der Waals surface area (Å²) in [6.07, 6.45) is 4.68. The van der Waals surface area contributed by atoms with Crippen molar-refractivity contribution in [1.29, 1.82) is 0 Å². The predicted octanol–water partition coefficient (Wildman–Crippen LogP) is 20.1. The minimum absolute atomic E-state index is 0.0101. The summed E-state index contributed by atoms with van der Waals surface area (Å²) in [5, 5.41) is 3.99. The normalized spacial score (nSPS) is 17.5. The van der Waals surface area contributed by atoms with E-state index in [1.165, 1.54) is 133 Å². The molecule has 0 bridgehead atoms. The molecule has 0 amide bonds. The summed E-state index contributed by atoms with van der Waals surface area (Å²) in [7, 11) is 0. The average Bonchev–Trinajstić information content (AvgIpc) is 2.01. The molecule has 0 saturated heterocycles. The molecule has 402 valence electrons. The largest absolute Gasteiger partial charge is 0.311 e. The Hall–Kier alpha value is -6.60. The van der Waals surface area contributed by atoms with Gasteiger partial charge in [0, 0.05) is 74.8 Å². The van der Waals surface area contributed by atoms with E-state index in [4.69, 9.17) is 0 Å². The van der Waals surface area contributed by atoms with Gasteiger partial charge < -0.3 is 14.7 Å². The number of thiophene rings is 2. The SMILES string of the molecule is CC(C)(C)c1ccc(N2c3ccc(C(C)(C)C)cc3B3c4sc5cc6c(cc5c4N(c4ccc5c(c4)C(C)(C)CCC5(C)C)c4cc(N(c5ccccc5)c5ccc7c(c5)sc5ccccc57)cc2c43)C(C)(C)CCC6(C)C)cc1. The Bertz CT molecular complexity index is 4180. The fourth-order valence-corrected chi connectivity index (χ4v) is 16.9. The van der Waals surface area contributed by atoms with Crippen LogP contribution in [-0.2, 0) is 32.5 Å². The first-order chi connectivity index (χ1) is 37.9. The van der Waals surface area contributed by atoms with Crippen molar-refractivity contribution < 1.29 is 0 Å². The maximum atomic E-state index is 2.76. The highest BCUT2D eigenvalue weighted by atomic mass is 32.1. The van der Waals surface area contributed by atoms with Gasteiger partial charge in [-0.25, -0.2) is 0 Å².